The van der Waals surface area contributed by atoms with Crippen LogP contribution in [0.25, 0.3) is 0 Å². The van der Waals surface area contributed by atoms with Gasteiger partial charge >= 0.3 is 13.1 Å². The average molecular weight is 357 g/mol. The number of halogens is 2. The van der Waals surface area contributed by atoms with Crippen LogP contribution in [0.15, 0.2) is 18.2 Å². The molecule has 1 saturated heterocycles. The van der Waals surface area contributed by atoms with Gasteiger partial charge in [-0.3, -0.25) is 4.79 Å². The van der Waals surface area contributed by atoms with E-state index in [1.165, 1.54) is 12.1 Å². The van der Waals surface area contributed by atoms with Crippen LogP contribution >= 0.6 is 11.6 Å². The summed E-state index contributed by atoms with van der Waals surface area (Å²) < 4.78 is 30.7. The zero-order chi connectivity index (χ0) is 18.1. The molecule has 0 aliphatic carbocycles. The minimum absolute atomic E-state index is 0.00197. The third-order valence-electron chi connectivity index (χ3n) is 4.66. The second kappa shape index (κ2) is 7.02. The molecule has 0 radical (unpaired) electrons. The van der Waals surface area contributed by atoms with Gasteiger partial charge in [0, 0.05) is 5.82 Å². The number of carbonyl (C=O) groups is 1. The Labute approximate surface area is 147 Å². The summed E-state index contributed by atoms with van der Waals surface area (Å²) in [6.07, 6.45) is 0.0621. The van der Waals surface area contributed by atoms with Crippen LogP contribution in [0.4, 0.5) is 4.39 Å². The highest BCUT2D eigenvalue weighted by Gasteiger charge is 2.54. The Morgan fingerprint density at radius 2 is 1.88 bits per heavy atom. The Hall–Kier alpha value is -1.11. The smallest absolute Gasteiger partial charge is 0.466 e. The maximum Gasteiger partial charge on any atom is 0.466 e. The van der Waals surface area contributed by atoms with E-state index in [-0.39, 0.29) is 17.4 Å². The monoisotopic (exact) mass is 356 g/mol. The minimum Gasteiger partial charge on any atom is -0.466 e. The first kappa shape index (κ1) is 19.2. The highest BCUT2D eigenvalue weighted by atomic mass is 35.5. The Kier molecular flexibility index (Phi) is 5.62. The van der Waals surface area contributed by atoms with Gasteiger partial charge < -0.3 is 14.0 Å². The van der Waals surface area contributed by atoms with Gasteiger partial charge in [-0.2, -0.15) is 0 Å². The van der Waals surface area contributed by atoms with E-state index in [4.69, 9.17) is 25.6 Å². The first-order chi connectivity index (χ1) is 11.1. The fourth-order valence-corrected chi connectivity index (χ4v) is 2.76. The first-order valence-electron chi connectivity index (χ1n) is 8.03. The normalized spacial score (nSPS) is 20.0. The molecule has 2 rings (SSSR count). The molecule has 1 aliphatic heterocycles. The Morgan fingerprint density at radius 1 is 1.29 bits per heavy atom. The molecule has 4 nitrogen and oxygen atoms in total. The van der Waals surface area contributed by atoms with E-state index >= 15 is 0 Å². The largest absolute Gasteiger partial charge is 0.466 e. The molecule has 1 fully saturated rings. The van der Waals surface area contributed by atoms with Crippen molar-refractivity contribution >= 4 is 24.7 Å². The van der Waals surface area contributed by atoms with E-state index in [1.807, 2.05) is 27.7 Å². The number of esters is 1. The molecular formula is C17H23BClFO4. The lowest BCUT2D eigenvalue weighted by atomic mass is 9.66. The summed E-state index contributed by atoms with van der Waals surface area (Å²) in [6.45, 7) is 9.78. The molecule has 0 saturated carbocycles. The van der Waals surface area contributed by atoms with Crippen LogP contribution in [0.2, 0.25) is 5.02 Å². The maximum absolute atomic E-state index is 13.5. The number of rotatable bonds is 5. The fourth-order valence-electron chi connectivity index (χ4n) is 2.57. The van der Waals surface area contributed by atoms with E-state index in [9.17, 15) is 9.18 Å². The summed E-state index contributed by atoms with van der Waals surface area (Å²) in [5.74, 6) is -1.31. The molecule has 0 N–H and O–H groups in total. The van der Waals surface area contributed by atoms with Gasteiger partial charge in [0.05, 0.1) is 29.3 Å². The van der Waals surface area contributed by atoms with Crippen molar-refractivity contribution in [2.75, 3.05) is 6.61 Å². The topological polar surface area (TPSA) is 44.8 Å². The standard InChI is InChI=1S/C17H23BClFO4/c1-6-22-15(21)10-12(11-7-8-14(20)13(19)9-11)18-23-16(2,3)17(4,5)24-18/h7-9,12H,6,10H2,1-5H3. The van der Waals surface area contributed by atoms with Crippen molar-refractivity contribution in [1.29, 1.82) is 0 Å². The van der Waals surface area contributed by atoms with Crippen LogP contribution in [-0.2, 0) is 18.8 Å². The number of benzene rings is 1. The van der Waals surface area contributed by atoms with Gasteiger partial charge in [0.15, 0.2) is 0 Å². The zero-order valence-electron chi connectivity index (χ0n) is 14.7. The SMILES string of the molecule is CCOC(=O)CC(B1OC(C)(C)C(C)(C)O1)c1ccc(F)c(Cl)c1. The quantitative estimate of drug-likeness (QED) is 0.587. The van der Waals surface area contributed by atoms with E-state index in [0.29, 0.717) is 12.2 Å². The van der Waals surface area contributed by atoms with Gasteiger partial charge in [0.1, 0.15) is 5.82 Å². The van der Waals surface area contributed by atoms with Crippen LogP contribution < -0.4 is 0 Å². The van der Waals surface area contributed by atoms with Gasteiger partial charge in [0.2, 0.25) is 0 Å². The van der Waals surface area contributed by atoms with Crippen molar-refractivity contribution in [1.82, 2.24) is 0 Å². The second-order valence-electron chi connectivity index (χ2n) is 6.91. The molecule has 0 spiro atoms. The number of hydrogen-bond donors (Lipinski definition) is 0. The molecule has 1 aromatic rings. The molecule has 0 amide bonds. The third-order valence-corrected chi connectivity index (χ3v) is 4.95. The first-order valence-corrected chi connectivity index (χ1v) is 8.41. The van der Waals surface area contributed by atoms with Crippen molar-refractivity contribution in [2.45, 2.75) is 58.1 Å². The second-order valence-corrected chi connectivity index (χ2v) is 7.32. The van der Waals surface area contributed by atoms with Gasteiger partial charge in [-0.25, -0.2) is 4.39 Å². The molecule has 1 aliphatic rings. The summed E-state index contributed by atoms with van der Waals surface area (Å²) >= 11 is 5.90. The molecule has 132 valence electrons. The van der Waals surface area contributed by atoms with Crippen molar-refractivity contribution in [3.05, 3.63) is 34.6 Å². The maximum atomic E-state index is 13.5. The summed E-state index contributed by atoms with van der Waals surface area (Å²) in [6, 6.07) is 4.38. The third kappa shape index (κ3) is 3.93. The summed E-state index contributed by atoms with van der Waals surface area (Å²) in [4.78, 5) is 12.0. The molecule has 0 bridgehead atoms. The van der Waals surface area contributed by atoms with E-state index in [0.717, 1.165) is 0 Å². The highest BCUT2D eigenvalue weighted by molar-refractivity contribution is 6.48. The number of hydrogen-bond acceptors (Lipinski definition) is 4. The van der Waals surface area contributed by atoms with Crippen molar-refractivity contribution < 1.29 is 23.2 Å². The highest BCUT2D eigenvalue weighted by Crippen LogP contribution is 2.42. The zero-order valence-corrected chi connectivity index (χ0v) is 15.4. The molecule has 24 heavy (non-hydrogen) atoms. The lowest BCUT2D eigenvalue weighted by Crippen LogP contribution is -2.41. The van der Waals surface area contributed by atoms with Crippen LogP contribution in [0.5, 0.6) is 0 Å². The lowest BCUT2D eigenvalue weighted by Gasteiger charge is -2.32. The van der Waals surface area contributed by atoms with Gasteiger partial charge in [-0.15, -0.1) is 0 Å². The van der Waals surface area contributed by atoms with Crippen LogP contribution in [0.1, 0.15) is 52.4 Å². The summed E-state index contributed by atoms with van der Waals surface area (Å²) in [5, 5.41) is -0.00197. The fraction of sp³-hybridized carbons (Fsp3) is 0.588. The molecule has 1 atom stereocenters. The predicted molar refractivity (Wildman–Crippen MR) is 91.5 cm³/mol. The number of carbonyl (C=O) groups excluding carboxylic acids is 1. The van der Waals surface area contributed by atoms with Crippen LogP contribution in [-0.4, -0.2) is 30.9 Å². The van der Waals surface area contributed by atoms with E-state index < -0.39 is 30.0 Å². The molecule has 0 aromatic heterocycles. The van der Waals surface area contributed by atoms with E-state index in [1.54, 1.807) is 13.0 Å². The van der Waals surface area contributed by atoms with Gasteiger partial charge in [0.25, 0.3) is 0 Å². The minimum atomic E-state index is -0.652. The van der Waals surface area contributed by atoms with Crippen molar-refractivity contribution in [3.63, 3.8) is 0 Å². The van der Waals surface area contributed by atoms with E-state index in [2.05, 4.69) is 0 Å². The summed E-state index contributed by atoms with van der Waals surface area (Å²) in [5.41, 5.74) is -0.393. The van der Waals surface area contributed by atoms with Crippen molar-refractivity contribution in [2.24, 2.45) is 0 Å². The Morgan fingerprint density at radius 3 is 2.38 bits per heavy atom. The van der Waals surface area contributed by atoms with Crippen molar-refractivity contribution in [3.8, 4) is 0 Å². The summed E-state index contributed by atoms with van der Waals surface area (Å²) in [7, 11) is -0.652. The molecule has 1 unspecified atom stereocenters. The van der Waals surface area contributed by atoms with Gasteiger partial charge in [-0.05, 0) is 52.3 Å². The van der Waals surface area contributed by atoms with Crippen LogP contribution in [0.3, 0.4) is 0 Å². The molecule has 1 heterocycles. The molecule has 1 aromatic carbocycles. The van der Waals surface area contributed by atoms with Crippen LogP contribution in [0, 0.1) is 5.82 Å². The Bertz CT molecular complexity index is 605. The molecular weight excluding hydrogens is 333 g/mol. The number of ether oxygens (including phenoxy) is 1. The molecule has 7 heteroatoms. The Balaban J connectivity index is 2.33. The lowest BCUT2D eigenvalue weighted by molar-refractivity contribution is -0.143. The predicted octanol–water partition coefficient (Wildman–Crippen LogP) is 4.15. The van der Waals surface area contributed by atoms with Gasteiger partial charge in [-0.1, -0.05) is 17.7 Å². The average Bonchev–Trinajstić information content (AvgIpc) is 2.68.